The largest absolute Gasteiger partial charge is 0.466 e. The van der Waals surface area contributed by atoms with Gasteiger partial charge in [-0.1, -0.05) is 124 Å². The Morgan fingerprint density at radius 3 is 1.45 bits per heavy atom. The molecule has 0 heterocycles. The molecule has 0 saturated heterocycles. The van der Waals surface area contributed by atoms with Gasteiger partial charge in [-0.15, -0.1) is 0 Å². The first kappa shape index (κ1) is 40.9. The number of rotatable bonds is 32. The lowest BCUT2D eigenvalue weighted by Gasteiger charge is -2.26. The van der Waals surface area contributed by atoms with Crippen molar-refractivity contribution in [2.45, 2.75) is 162 Å². The summed E-state index contributed by atoms with van der Waals surface area (Å²) in [6.07, 6.45) is 25.6. The average molecular weight is 597 g/mol. The summed E-state index contributed by atoms with van der Waals surface area (Å²) in [5.41, 5.74) is 0. The van der Waals surface area contributed by atoms with Crippen LogP contribution in [0.2, 0.25) is 0 Å². The van der Waals surface area contributed by atoms with Crippen LogP contribution in [0.3, 0.4) is 0 Å². The van der Waals surface area contributed by atoms with Gasteiger partial charge in [0.1, 0.15) is 0 Å². The quantitative estimate of drug-likeness (QED) is 0.0570. The van der Waals surface area contributed by atoms with Gasteiger partial charge in [-0.05, 0) is 52.9 Å². The van der Waals surface area contributed by atoms with Crippen molar-refractivity contribution in [1.82, 2.24) is 9.80 Å². The van der Waals surface area contributed by atoms with Crippen LogP contribution in [-0.2, 0) is 19.1 Å². The molecule has 0 radical (unpaired) electrons. The van der Waals surface area contributed by atoms with Crippen LogP contribution in [0.25, 0.3) is 0 Å². The molecule has 0 aromatic carbocycles. The molecule has 0 bridgehead atoms. The van der Waals surface area contributed by atoms with E-state index >= 15 is 0 Å². The van der Waals surface area contributed by atoms with Crippen molar-refractivity contribution in [1.29, 1.82) is 0 Å². The Kier molecular flexibility index (Phi) is 30.4. The molecule has 0 aliphatic heterocycles. The van der Waals surface area contributed by atoms with Gasteiger partial charge in [0.2, 0.25) is 0 Å². The fourth-order valence-electron chi connectivity index (χ4n) is 5.41. The summed E-state index contributed by atoms with van der Waals surface area (Å²) >= 11 is 0. The third-order valence-corrected chi connectivity index (χ3v) is 8.03. The summed E-state index contributed by atoms with van der Waals surface area (Å²) in [4.78, 5) is 29.1. The number of unbranched alkanes of at least 4 members (excludes halogenated alkanes) is 16. The highest BCUT2D eigenvalue weighted by molar-refractivity contribution is 5.69. The first-order valence-electron chi connectivity index (χ1n) is 18.1. The van der Waals surface area contributed by atoms with Crippen molar-refractivity contribution in [3.05, 3.63) is 0 Å². The molecule has 6 nitrogen and oxygen atoms in total. The first-order valence-corrected chi connectivity index (χ1v) is 18.1. The van der Waals surface area contributed by atoms with Crippen molar-refractivity contribution in [3.63, 3.8) is 0 Å². The minimum absolute atomic E-state index is 0.0515. The number of hydrogen-bond donors (Lipinski definition) is 0. The highest BCUT2D eigenvalue weighted by Gasteiger charge is 2.13. The molecule has 1 unspecified atom stereocenters. The van der Waals surface area contributed by atoms with Gasteiger partial charge < -0.3 is 19.3 Å². The summed E-state index contributed by atoms with van der Waals surface area (Å²) in [7, 11) is 4.21. The highest BCUT2D eigenvalue weighted by Crippen LogP contribution is 2.13. The highest BCUT2D eigenvalue weighted by atomic mass is 16.5. The van der Waals surface area contributed by atoms with Crippen LogP contribution in [0, 0.1) is 5.92 Å². The summed E-state index contributed by atoms with van der Waals surface area (Å²) in [5, 5.41) is 0. The molecule has 0 fully saturated rings. The lowest BCUT2D eigenvalue weighted by Crippen LogP contribution is -2.34. The Bertz CT molecular complexity index is 599. The zero-order valence-electron chi connectivity index (χ0n) is 28.9. The zero-order valence-corrected chi connectivity index (χ0v) is 28.9. The summed E-state index contributed by atoms with van der Waals surface area (Å²) in [6.45, 7) is 11.5. The van der Waals surface area contributed by atoms with E-state index in [1.807, 2.05) is 0 Å². The van der Waals surface area contributed by atoms with Crippen molar-refractivity contribution >= 4 is 11.9 Å². The predicted molar refractivity (Wildman–Crippen MR) is 179 cm³/mol. The molecule has 0 saturated carbocycles. The molecular formula is C36H72N2O4. The third kappa shape index (κ3) is 30.3. The van der Waals surface area contributed by atoms with Gasteiger partial charge in [0.05, 0.1) is 13.2 Å². The van der Waals surface area contributed by atoms with Crippen LogP contribution < -0.4 is 0 Å². The van der Waals surface area contributed by atoms with Crippen molar-refractivity contribution in [3.8, 4) is 0 Å². The maximum Gasteiger partial charge on any atom is 0.305 e. The van der Waals surface area contributed by atoms with Crippen LogP contribution >= 0.6 is 0 Å². The SMILES string of the molecule is CCCCCCCCCCCC(=O)OCCCN(CCCN(C)C)CC(C)COC(=O)CCCCCCCCCCC. The van der Waals surface area contributed by atoms with Gasteiger partial charge in [-0.2, -0.15) is 0 Å². The van der Waals surface area contributed by atoms with E-state index in [1.54, 1.807) is 0 Å². The van der Waals surface area contributed by atoms with E-state index in [0.29, 0.717) is 26.1 Å². The van der Waals surface area contributed by atoms with Crippen molar-refractivity contribution < 1.29 is 19.1 Å². The Morgan fingerprint density at radius 2 is 0.976 bits per heavy atom. The number of ether oxygens (including phenoxy) is 2. The minimum Gasteiger partial charge on any atom is -0.466 e. The average Bonchev–Trinajstić information content (AvgIpc) is 2.96. The van der Waals surface area contributed by atoms with E-state index in [4.69, 9.17) is 9.47 Å². The Balaban J connectivity index is 4.05. The van der Waals surface area contributed by atoms with Crippen LogP contribution in [0.1, 0.15) is 162 Å². The topological polar surface area (TPSA) is 59.1 Å². The molecular weight excluding hydrogens is 524 g/mol. The van der Waals surface area contributed by atoms with E-state index < -0.39 is 0 Å². The predicted octanol–water partition coefficient (Wildman–Crippen LogP) is 9.19. The second-order valence-corrected chi connectivity index (χ2v) is 13.0. The van der Waals surface area contributed by atoms with Crippen LogP contribution in [-0.4, -0.2) is 75.2 Å². The molecule has 42 heavy (non-hydrogen) atoms. The minimum atomic E-state index is -0.0529. The molecule has 0 aromatic heterocycles. The molecule has 1 atom stereocenters. The maximum atomic E-state index is 12.2. The lowest BCUT2D eigenvalue weighted by atomic mass is 10.1. The second kappa shape index (κ2) is 31.3. The number of carbonyl (C=O) groups excluding carboxylic acids is 2. The summed E-state index contributed by atoms with van der Waals surface area (Å²) in [6, 6.07) is 0. The van der Waals surface area contributed by atoms with E-state index in [0.717, 1.165) is 64.7 Å². The molecule has 0 aliphatic carbocycles. The molecule has 0 aromatic rings. The Morgan fingerprint density at radius 1 is 0.548 bits per heavy atom. The maximum absolute atomic E-state index is 12.2. The van der Waals surface area contributed by atoms with E-state index in [9.17, 15) is 9.59 Å². The van der Waals surface area contributed by atoms with E-state index in [1.165, 1.54) is 89.9 Å². The summed E-state index contributed by atoms with van der Waals surface area (Å²) < 4.78 is 11.1. The Labute approximate surface area is 262 Å². The molecule has 0 rings (SSSR count). The molecule has 250 valence electrons. The number of nitrogens with zero attached hydrogens (tertiary/aromatic N) is 2. The lowest BCUT2D eigenvalue weighted by molar-refractivity contribution is -0.145. The fraction of sp³-hybridized carbons (Fsp3) is 0.944. The van der Waals surface area contributed by atoms with Gasteiger partial charge in [0.25, 0.3) is 0 Å². The fourth-order valence-corrected chi connectivity index (χ4v) is 5.41. The monoisotopic (exact) mass is 597 g/mol. The molecule has 6 heteroatoms. The van der Waals surface area contributed by atoms with Gasteiger partial charge in [-0.25, -0.2) is 0 Å². The summed E-state index contributed by atoms with van der Waals surface area (Å²) in [5.74, 6) is 0.179. The first-order chi connectivity index (χ1) is 20.4. The zero-order chi connectivity index (χ0) is 31.1. The van der Waals surface area contributed by atoms with Crippen LogP contribution in [0.5, 0.6) is 0 Å². The van der Waals surface area contributed by atoms with Gasteiger partial charge in [0, 0.05) is 31.8 Å². The van der Waals surface area contributed by atoms with Crippen molar-refractivity contribution in [2.24, 2.45) is 5.92 Å². The van der Waals surface area contributed by atoms with Crippen LogP contribution in [0.15, 0.2) is 0 Å². The standard InChI is InChI=1S/C36H72N2O4/c1-6-8-10-12-14-16-18-20-22-26-35(39)41-31-25-30-38(29-24-28-37(4)5)32-34(3)33-42-36(40)27-23-21-19-17-15-13-11-9-7-2/h34H,6-33H2,1-5H3. The van der Waals surface area contributed by atoms with Gasteiger partial charge in [0.15, 0.2) is 0 Å². The molecule has 0 spiro atoms. The molecule has 0 amide bonds. The third-order valence-electron chi connectivity index (χ3n) is 8.03. The second-order valence-electron chi connectivity index (χ2n) is 13.0. The van der Waals surface area contributed by atoms with Gasteiger partial charge in [-0.3, -0.25) is 9.59 Å². The Hall–Kier alpha value is -1.14. The van der Waals surface area contributed by atoms with Crippen LogP contribution in [0.4, 0.5) is 0 Å². The number of hydrogen-bond acceptors (Lipinski definition) is 6. The number of carbonyl (C=O) groups is 2. The molecule has 0 aliphatic rings. The van der Waals surface area contributed by atoms with E-state index in [2.05, 4.69) is 44.7 Å². The number of esters is 2. The van der Waals surface area contributed by atoms with E-state index in [-0.39, 0.29) is 17.9 Å². The molecule has 0 N–H and O–H groups in total. The van der Waals surface area contributed by atoms with Gasteiger partial charge >= 0.3 is 11.9 Å². The van der Waals surface area contributed by atoms with Crippen molar-refractivity contribution in [2.75, 3.05) is 53.5 Å². The smallest absolute Gasteiger partial charge is 0.305 e. The normalized spacial score (nSPS) is 12.3.